The van der Waals surface area contributed by atoms with Crippen molar-refractivity contribution in [2.45, 2.75) is 6.04 Å². The third kappa shape index (κ3) is 4.17. The Morgan fingerprint density at radius 1 is 0.920 bits per heavy atom. The molecule has 3 rings (SSSR count). The van der Waals surface area contributed by atoms with Gasteiger partial charge in [0.1, 0.15) is 0 Å². The number of nitrogens with zero attached hydrogens (tertiary/aromatic N) is 1. The molecule has 1 atom stereocenters. The van der Waals surface area contributed by atoms with E-state index in [1.54, 1.807) is 0 Å². The molecule has 1 unspecified atom stereocenters. The van der Waals surface area contributed by atoms with Gasteiger partial charge < -0.3 is 15.5 Å². The SMILES string of the molecule is CN(C)C(CNC(=O)Nc1cccc2ccccc12)c1ccccc1. The van der Waals surface area contributed by atoms with Crippen LogP contribution in [0.3, 0.4) is 0 Å². The zero-order chi connectivity index (χ0) is 17.6. The molecule has 0 aliphatic carbocycles. The molecule has 0 aromatic heterocycles. The molecule has 128 valence electrons. The Bertz CT molecular complexity index is 841. The molecule has 0 spiro atoms. The van der Waals surface area contributed by atoms with Crippen molar-refractivity contribution in [1.82, 2.24) is 10.2 Å². The zero-order valence-corrected chi connectivity index (χ0v) is 14.6. The summed E-state index contributed by atoms with van der Waals surface area (Å²) in [6, 6.07) is 24.0. The Kier molecular flexibility index (Phi) is 5.31. The normalized spacial score (nSPS) is 12.1. The highest BCUT2D eigenvalue weighted by atomic mass is 16.2. The summed E-state index contributed by atoms with van der Waals surface area (Å²) in [5, 5.41) is 8.09. The number of amides is 2. The predicted molar refractivity (Wildman–Crippen MR) is 104 cm³/mol. The summed E-state index contributed by atoms with van der Waals surface area (Å²) >= 11 is 0. The predicted octanol–water partition coefficient (Wildman–Crippen LogP) is 4.26. The second-order valence-corrected chi connectivity index (χ2v) is 6.25. The van der Waals surface area contributed by atoms with Crippen LogP contribution in [0, 0.1) is 0 Å². The number of nitrogens with one attached hydrogen (secondary N) is 2. The molecular weight excluding hydrogens is 310 g/mol. The lowest BCUT2D eigenvalue weighted by atomic mass is 10.1. The fourth-order valence-electron chi connectivity index (χ4n) is 2.96. The minimum atomic E-state index is -0.195. The first kappa shape index (κ1) is 17.0. The van der Waals surface area contributed by atoms with E-state index < -0.39 is 0 Å². The van der Waals surface area contributed by atoms with Gasteiger partial charge >= 0.3 is 6.03 Å². The van der Waals surface area contributed by atoms with Gasteiger partial charge in [0.2, 0.25) is 0 Å². The van der Waals surface area contributed by atoms with Crippen molar-refractivity contribution >= 4 is 22.5 Å². The molecule has 2 amide bonds. The summed E-state index contributed by atoms with van der Waals surface area (Å²) in [5.74, 6) is 0. The summed E-state index contributed by atoms with van der Waals surface area (Å²) in [5.41, 5.74) is 2.00. The van der Waals surface area contributed by atoms with Gasteiger partial charge in [0.05, 0.1) is 11.7 Å². The van der Waals surface area contributed by atoms with Gasteiger partial charge in [-0.1, -0.05) is 66.7 Å². The monoisotopic (exact) mass is 333 g/mol. The highest BCUT2D eigenvalue weighted by molar-refractivity contribution is 6.01. The Morgan fingerprint density at radius 3 is 2.36 bits per heavy atom. The van der Waals surface area contributed by atoms with Crippen molar-refractivity contribution in [1.29, 1.82) is 0 Å². The van der Waals surface area contributed by atoms with Crippen LogP contribution in [0.4, 0.5) is 10.5 Å². The molecule has 0 heterocycles. The maximum Gasteiger partial charge on any atom is 0.319 e. The van der Waals surface area contributed by atoms with Gasteiger partial charge in [-0.2, -0.15) is 0 Å². The van der Waals surface area contributed by atoms with Crippen molar-refractivity contribution < 1.29 is 4.79 Å². The van der Waals surface area contributed by atoms with Crippen LogP contribution in [0.5, 0.6) is 0 Å². The van der Waals surface area contributed by atoms with E-state index in [0.717, 1.165) is 16.5 Å². The highest BCUT2D eigenvalue weighted by Crippen LogP contribution is 2.23. The van der Waals surface area contributed by atoms with Crippen molar-refractivity contribution in [3.05, 3.63) is 78.4 Å². The van der Waals surface area contributed by atoms with Crippen LogP contribution in [0.1, 0.15) is 11.6 Å². The molecule has 4 nitrogen and oxygen atoms in total. The molecule has 0 aliphatic heterocycles. The third-order valence-electron chi connectivity index (χ3n) is 4.30. The van der Waals surface area contributed by atoms with Gasteiger partial charge in [0.25, 0.3) is 0 Å². The number of urea groups is 1. The van der Waals surface area contributed by atoms with Gasteiger partial charge in [0.15, 0.2) is 0 Å². The summed E-state index contributed by atoms with van der Waals surface area (Å²) < 4.78 is 0. The fraction of sp³-hybridized carbons (Fsp3) is 0.190. The van der Waals surface area contributed by atoms with E-state index in [0.29, 0.717) is 6.54 Å². The van der Waals surface area contributed by atoms with Crippen molar-refractivity contribution in [3.8, 4) is 0 Å². The van der Waals surface area contributed by atoms with E-state index >= 15 is 0 Å². The molecule has 0 saturated heterocycles. The molecule has 0 aliphatic rings. The topological polar surface area (TPSA) is 44.4 Å². The van der Waals surface area contributed by atoms with E-state index in [4.69, 9.17) is 0 Å². The lowest BCUT2D eigenvalue weighted by Gasteiger charge is -2.25. The van der Waals surface area contributed by atoms with Crippen LogP contribution in [0.15, 0.2) is 72.8 Å². The molecule has 3 aromatic rings. The number of fused-ring (bicyclic) bond motifs is 1. The Labute approximate surface area is 148 Å². The third-order valence-corrected chi connectivity index (χ3v) is 4.30. The van der Waals surface area contributed by atoms with E-state index in [9.17, 15) is 4.79 Å². The molecular formula is C21H23N3O. The average molecular weight is 333 g/mol. The number of hydrogen-bond acceptors (Lipinski definition) is 2. The van der Waals surface area contributed by atoms with E-state index in [1.807, 2.05) is 74.8 Å². The molecule has 0 radical (unpaired) electrons. The molecule has 4 heteroatoms. The lowest BCUT2D eigenvalue weighted by molar-refractivity contribution is 0.243. The number of carbonyl (C=O) groups excluding carboxylic acids is 1. The Balaban J connectivity index is 1.67. The summed E-state index contributed by atoms with van der Waals surface area (Å²) in [4.78, 5) is 14.5. The molecule has 0 bridgehead atoms. The van der Waals surface area contributed by atoms with Gasteiger partial charge in [-0.15, -0.1) is 0 Å². The lowest BCUT2D eigenvalue weighted by Crippen LogP contribution is -2.36. The fourth-order valence-corrected chi connectivity index (χ4v) is 2.96. The number of hydrogen-bond donors (Lipinski definition) is 2. The zero-order valence-electron chi connectivity index (χ0n) is 14.6. The number of carbonyl (C=O) groups is 1. The minimum Gasteiger partial charge on any atom is -0.336 e. The first-order chi connectivity index (χ1) is 12.1. The first-order valence-corrected chi connectivity index (χ1v) is 8.39. The minimum absolute atomic E-state index is 0.125. The Morgan fingerprint density at radius 2 is 1.60 bits per heavy atom. The van der Waals surface area contributed by atoms with Crippen LogP contribution in [0.2, 0.25) is 0 Å². The standard InChI is InChI=1S/C21H23N3O/c1-24(2)20(17-10-4-3-5-11-17)15-22-21(25)23-19-14-8-12-16-9-6-7-13-18(16)19/h3-14,20H,15H2,1-2H3,(H2,22,23,25). The maximum atomic E-state index is 12.4. The second-order valence-electron chi connectivity index (χ2n) is 6.25. The summed E-state index contributed by atoms with van der Waals surface area (Å²) in [7, 11) is 4.03. The van der Waals surface area contributed by atoms with E-state index in [1.165, 1.54) is 5.56 Å². The van der Waals surface area contributed by atoms with Gasteiger partial charge in [-0.3, -0.25) is 0 Å². The molecule has 2 N–H and O–H groups in total. The number of rotatable bonds is 5. The van der Waals surface area contributed by atoms with Crippen LogP contribution in [0.25, 0.3) is 10.8 Å². The Hall–Kier alpha value is -2.85. The molecule has 0 fully saturated rings. The molecule has 25 heavy (non-hydrogen) atoms. The highest BCUT2D eigenvalue weighted by Gasteiger charge is 2.15. The van der Waals surface area contributed by atoms with E-state index in [2.05, 4.69) is 27.7 Å². The second kappa shape index (κ2) is 7.81. The maximum absolute atomic E-state index is 12.4. The van der Waals surface area contributed by atoms with Gasteiger partial charge in [0, 0.05) is 11.9 Å². The number of likely N-dealkylation sites (N-methyl/N-ethyl adjacent to an activating group) is 1. The van der Waals surface area contributed by atoms with Crippen LogP contribution < -0.4 is 10.6 Å². The molecule has 3 aromatic carbocycles. The summed E-state index contributed by atoms with van der Waals surface area (Å²) in [6.07, 6.45) is 0. The number of anilines is 1. The van der Waals surface area contributed by atoms with Gasteiger partial charge in [-0.25, -0.2) is 4.79 Å². The van der Waals surface area contributed by atoms with Crippen LogP contribution >= 0.6 is 0 Å². The average Bonchev–Trinajstić information content (AvgIpc) is 2.63. The van der Waals surface area contributed by atoms with Crippen molar-refractivity contribution in [2.24, 2.45) is 0 Å². The van der Waals surface area contributed by atoms with Gasteiger partial charge in [-0.05, 0) is 31.1 Å². The van der Waals surface area contributed by atoms with Crippen LogP contribution in [-0.2, 0) is 0 Å². The first-order valence-electron chi connectivity index (χ1n) is 8.39. The van der Waals surface area contributed by atoms with Crippen LogP contribution in [-0.4, -0.2) is 31.6 Å². The van der Waals surface area contributed by atoms with Crippen molar-refractivity contribution in [3.63, 3.8) is 0 Å². The largest absolute Gasteiger partial charge is 0.336 e. The van der Waals surface area contributed by atoms with Crippen molar-refractivity contribution in [2.75, 3.05) is 26.0 Å². The van der Waals surface area contributed by atoms with E-state index in [-0.39, 0.29) is 12.1 Å². The molecule has 0 saturated carbocycles. The quantitative estimate of drug-likeness (QED) is 0.732. The smallest absolute Gasteiger partial charge is 0.319 e. The summed E-state index contributed by atoms with van der Waals surface area (Å²) in [6.45, 7) is 0.535. The number of benzene rings is 3.